The first-order chi connectivity index (χ1) is 6.31. The Hall–Kier alpha value is -0.860. The van der Waals surface area contributed by atoms with E-state index in [1.54, 1.807) is 0 Å². The first-order valence-corrected chi connectivity index (χ1v) is 4.72. The molecule has 1 aromatic rings. The molecule has 0 spiro atoms. The van der Waals surface area contributed by atoms with Gasteiger partial charge in [0.05, 0.1) is 12.7 Å². The summed E-state index contributed by atoms with van der Waals surface area (Å²) in [4.78, 5) is 0. The van der Waals surface area contributed by atoms with Gasteiger partial charge in [0.2, 0.25) is 0 Å². The third-order valence-electron chi connectivity index (χ3n) is 2.67. The maximum atomic E-state index is 9.66. The van der Waals surface area contributed by atoms with Crippen molar-refractivity contribution in [1.82, 2.24) is 0 Å². The molecule has 0 unspecified atom stereocenters. The Morgan fingerprint density at radius 2 is 2.23 bits per heavy atom. The summed E-state index contributed by atoms with van der Waals surface area (Å²) >= 11 is 0. The van der Waals surface area contributed by atoms with Crippen LogP contribution in [-0.2, 0) is 13.0 Å². The number of aliphatic hydroxyl groups is 2. The molecule has 0 saturated carbocycles. The van der Waals surface area contributed by atoms with Gasteiger partial charge in [-0.15, -0.1) is 0 Å². The van der Waals surface area contributed by atoms with E-state index in [2.05, 4.69) is 0 Å². The summed E-state index contributed by atoms with van der Waals surface area (Å²) < 4.78 is 0. The Morgan fingerprint density at radius 3 is 3.00 bits per heavy atom. The third kappa shape index (κ3) is 1.60. The monoisotopic (exact) mass is 178 g/mol. The van der Waals surface area contributed by atoms with Gasteiger partial charge in [0.1, 0.15) is 0 Å². The highest BCUT2D eigenvalue weighted by atomic mass is 16.3. The van der Waals surface area contributed by atoms with E-state index >= 15 is 0 Å². The average molecular weight is 178 g/mol. The molecule has 0 heterocycles. The van der Waals surface area contributed by atoms with Gasteiger partial charge in [-0.1, -0.05) is 18.2 Å². The maximum Gasteiger partial charge on any atom is 0.0792 e. The quantitative estimate of drug-likeness (QED) is 0.685. The van der Waals surface area contributed by atoms with Gasteiger partial charge >= 0.3 is 0 Å². The van der Waals surface area contributed by atoms with Crippen molar-refractivity contribution in [2.75, 3.05) is 0 Å². The Bertz CT molecular complexity index is 307. The number of hydrogen-bond donors (Lipinski definition) is 2. The van der Waals surface area contributed by atoms with Crippen molar-refractivity contribution in [3.05, 3.63) is 34.9 Å². The number of rotatable bonds is 1. The fraction of sp³-hybridized carbons (Fsp3) is 0.455. The van der Waals surface area contributed by atoms with Crippen LogP contribution in [0.4, 0.5) is 0 Å². The summed E-state index contributed by atoms with van der Waals surface area (Å²) in [5.41, 5.74) is 3.18. The summed E-state index contributed by atoms with van der Waals surface area (Å²) in [7, 11) is 0. The highest BCUT2D eigenvalue weighted by molar-refractivity contribution is 5.35. The maximum absolute atomic E-state index is 9.66. The Morgan fingerprint density at radius 1 is 1.38 bits per heavy atom. The summed E-state index contributed by atoms with van der Waals surface area (Å²) in [5.74, 6) is 0. The molecule has 1 aromatic carbocycles. The predicted molar refractivity (Wildman–Crippen MR) is 50.3 cm³/mol. The summed E-state index contributed by atoms with van der Waals surface area (Å²) in [6.45, 7) is 0.0867. The molecule has 2 nitrogen and oxygen atoms in total. The van der Waals surface area contributed by atoms with E-state index in [9.17, 15) is 5.11 Å². The lowest BCUT2D eigenvalue weighted by atomic mass is 9.88. The number of aryl methyl sites for hydroxylation is 1. The highest BCUT2D eigenvalue weighted by Gasteiger charge is 2.17. The number of fused-ring (bicyclic) bond motifs is 1. The van der Waals surface area contributed by atoms with Crippen LogP contribution >= 0.6 is 0 Å². The van der Waals surface area contributed by atoms with Crippen LogP contribution in [0.3, 0.4) is 0 Å². The lowest BCUT2D eigenvalue weighted by Gasteiger charge is -2.21. The molecule has 2 N–H and O–H groups in total. The molecule has 70 valence electrons. The third-order valence-corrected chi connectivity index (χ3v) is 2.67. The second kappa shape index (κ2) is 3.48. The molecule has 13 heavy (non-hydrogen) atoms. The van der Waals surface area contributed by atoms with E-state index in [-0.39, 0.29) is 12.7 Å². The van der Waals surface area contributed by atoms with Crippen molar-refractivity contribution in [2.24, 2.45) is 0 Å². The zero-order valence-corrected chi connectivity index (χ0v) is 7.53. The number of benzene rings is 1. The fourth-order valence-corrected chi connectivity index (χ4v) is 1.94. The van der Waals surface area contributed by atoms with E-state index in [4.69, 9.17) is 5.11 Å². The van der Waals surface area contributed by atoms with Crippen molar-refractivity contribution >= 4 is 0 Å². The molecule has 0 amide bonds. The Kier molecular flexibility index (Phi) is 2.34. The van der Waals surface area contributed by atoms with Gasteiger partial charge in [-0.2, -0.15) is 0 Å². The van der Waals surface area contributed by atoms with E-state index in [1.165, 1.54) is 5.56 Å². The van der Waals surface area contributed by atoms with Gasteiger partial charge in [0.25, 0.3) is 0 Å². The van der Waals surface area contributed by atoms with Crippen molar-refractivity contribution in [3.8, 4) is 0 Å². The molecule has 0 fully saturated rings. The van der Waals surface area contributed by atoms with E-state index in [1.807, 2.05) is 18.2 Å². The highest BCUT2D eigenvalue weighted by Crippen LogP contribution is 2.29. The van der Waals surface area contributed by atoms with E-state index in [0.717, 1.165) is 30.4 Å². The smallest absolute Gasteiger partial charge is 0.0792 e. The average Bonchev–Trinajstić information content (AvgIpc) is 2.18. The molecule has 0 aliphatic heterocycles. The van der Waals surface area contributed by atoms with Gasteiger partial charge in [-0.3, -0.25) is 0 Å². The molecule has 0 saturated heterocycles. The van der Waals surface area contributed by atoms with E-state index < -0.39 is 0 Å². The first kappa shape index (κ1) is 8.73. The molecule has 1 atom stereocenters. The molecule has 1 aliphatic carbocycles. The first-order valence-electron chi connectivity index (χ1n) is 4.72. The molecule has 2 rings (SSSR count). The number of aliphatic hydroxyl groups excluding tert-OH is 2. The van der Waals surface area contributed by atoms with Crippen LogP contribution in [-0.4, -0.2) is 10.2 Å². The standard InChI is InChI=1S/C11H14O2/c12-7-8-4-5-10-9(6-8)2-1-3-11(10)13/h4-6,11-13H,1-3,7H2/t11-/m0/s1. The second-order valence-corrected chi connectivity index (χ2v) is 3.60. The molecule has 1 aliphatic rings. The topological polar surface area (TPSA) is 40.5 Å². The molecule has 0 aromatic heterocycles. The van der Waals surface area contributed by atoms with Crippen LogP contribution in [0, 0.1) is 0 Å². The van der Waals surface area contributed by atoms with Crippen molar-refractivity contribution in [2.45, 2.75) is 32.0 Å². The van der Waals surface area contributed by atoms with Crippen LogP contribution in [0.5, 0.6) is 0 Å². The fourth-order valence-electron chi connectivity index (χ4n) is 1.94. The van der Waals surface area contributed by atoms with Crippen LogP contribution in [0.25, 0.3) is 0 Å². The normalized spacial score (nSPS) is 21.2. The van der Waals surface area contributed by atoms with Crippen molar-refractivity contribution in [3.63, 3.8) is 0 Å². The lowest BCUT2D eigenvalue weighted by Crippen LogP contribution is -2.09. The molecular formula is C11H14O2. The Labute approximate surface area is 77.8 Å². The SMILES string of the molecule is OCc1ccc2c(c1)CCC[C@@H]2O. The zero-order chi connectivity index (χ0) is 9.26. The minimum Gasteiger partial charge on any atom is -0.392 e. The predicted octanol–water partition coefficient (Wildman–Crippen LogP) is 1.55. The minimum atomic E-state index is -0.295. The molecule has 2 heteroatoms. The lowest BCUT2D eigenvalue weighted by molar-refractivity contribution is 0.156. The molecule has 0 radical (unpaired) electrons. The van der Waals surface area contributed by atoms with Crippen LogP contribution < -0.4 is 0 Å². The van der Waals surface area contributed by atoms with E-state index in [0.29, 0.717) is 0 Å². The van der Waals surface area contributed by atoms with Crippen LogP contribution in [0.2, 0.25) is 0 Å². The summed E-state index contributed by atoms with van der Waals surface area (Å²) in [6, 6.07) is 5.82. The van der Waals surface area contributed by atoms with Gasteiger partial charge in [-0.05, 0) is 36.0 Å². The summed E-state index contributed by atoms with van der Waals surface area (Å²) in [5, 5.41) is 18.6. The van der Waals surface area contributed by atoms with Gasteiger partial charge in [0, 0.05) is 0 Å². The minimum absolute atomic E-state index is 0.0867. The zero-order valence-electron chi connectivity index (χ0n) is 7.53. The van der Waals surface area contributed by atoms with Gasteiger partial charge in [0.15, 0.2) is 0 Å². The number of hydrogen-bond acceptors (Lipinski definition) is 2. The van der Waals surface area contributed by atoms with Crippen molar-refractivity contribution in [1.29, 1.82) is 0 Å². The van der Waals surface area contributed by atoms with Crippen LogP contribution in [0.1, 0.15) is 35.6 Å². The van der Waals surface area contributed by atoms with Gasteiger partial charge in [-0.25, -0.2) is 0 Å². The largest absolute Gasteiger partial charge is 0.392 e. The Balaban J connectivity index is 2.39. The molecule has 0 bridgehead atoms. The van der Waals surface area contributed by atoms with Crippen LogP contribution in [0.15, 0.2) is 18.2 Å². The second-order valence-electron chi connectivity index (χ2n) is 3.60. The molecular weight excluding hydrogens is 164 g/mol. The van der Waals surface area contributed by atoms with Gasteiger partial charge < -0.3 is 10.2 Å². The summed E-state index contributed by atoms with van der Waals surface area (Å²) in [6.07, 6.45) is 2.64. The van der Waals surface area contributed by atoms with Crippen molar-refractivity contribution < 1.29 is 10.2 Å².